The van der Waals surface area contributed by atoms with E-state index in [0.717, 1.165) is 0 Å². The average molecular weight is 221 g/mol. The molecule has 16 heavy (non-hydrogen) atoms. The number of carboxylic acids is 2. The van der Waals surface area contributed by atoms with E-state index in [0.29, 0.717) is 5.69 Å². The van der Waals surface area contributed by atoms with Crippen molar-refractivity contribution >= 4 is 23.3 Å². The summed E-state index contributed by atoms with van der Waals surface area (Å²) in [4.78, 5) is 25.4. The zero-order valence-electron chi connectivity index (χ0n) is 8.62. The molecule has 0 bridgehead atoms. The molecule has 1 aromatic carbocycles. The molecule has 0 aliphatic rings. The molecule has 0 heterocycles. The fourth-order valence-corrected chi connectivity index (χ4v) is 1.23. The Hall–Kier alpha value is -2.17. The molecule has 5 heteroatoms. The van der Waals surface area contributed by atoms with Crippen molar-refractivity contribution in [3.8, 4) is 0 Å². The molecular weight excluding hydrogens is 210 g/mol. The number of carbonyl (C=O) groups is 2. The number of para-hydroxylation sites is 1. The van der Waals surface area contributed by atoms with E-state index in [-0.39, 0.29) is 5.71 Å². The third-order valence-corrected chi connectivity index (χ3v) is 1.97. The van der Waals surface area contributed by atoms with Crippen molar-refractivity contribution in [3.05, 3.63) is 30.3 Å². The van der Waals surface area contributed by atoms with Gasteiger partial charge >= 0.3 is 11.9 Å². The maximum atomic E-state index is 10.7. The molecule has 0 saturated carbocycles. The van der Waals surface area contributed by atoms with Gasteiger partial charge in [-0.25, -0.2) is 0 Å². The topological polar surface area (TPSA) is 87.0 Å². The van der Waals surface area contributed by atoms with Gasteiger partial charge in [-0.15, -0.1) is 0 Å². The zero-order chi connectivity index (χ0) is 12.1. The first-order valence-corrected chi connectivity index (χ1v) is 4.58. The van der Waals surface area contributed by atoms with Crippen LogP contribution >= 0.6 is 0 Å². The van der Waals surface area contributed by atoms with Crippen LogP contribution in [0.5, 0.6) is 0 Å². The van der Waals surface area contributed by atoms with Gasteiger partial charge in [0.1, 0.15) is 0 Å². The van der Waals surface area contributed by atoms with Gasteiger partial charge in [-0.3, -0.25) is 14.6 Å². The number of hydrogen-bond donors (Lipinski definition) is 2. The molecule has 0 unspecified atom stereocenters. The van der Waals surface area contributed by atoms with E-state index in [1.54, 1.807) is 30.3 Å². The molecule has 84 valence electrons. The lowest BCUT2D eigenvalue weighted by molar-refractivity contribution is -0.150. The van der Waals surface area contributed by atoms with Crippen molar-refractivity contribution < 1.29 is 19.8 Å². The van der Waals surface area contributed by atoms with Gasteiger partial charge in [0.2, 0.25) is 0 Å². The molecule has 0 aliphatic carbocycles. The monoisotopic (exact) mass is 221 g/mol. The second kappa shape index (κ2) is 5.06. The summed E-state index contributed by atoms with van der Waals surface area (Å²) in [5.74, 6) is -4.42. The predicted octanol–water partition coefficient (Wildman–Crippen LogP) is 1.56. The minimum absolute atomic E-state index is 0.0474. The Morgan fingerprint density at radius 3 is 2.06 bits per heavy atom. The van der Waals surface area contributed by atoms with Crippen LogP contribution in [-0.4, -0.2) is 27.9 Å². The van der Waals surface area contributed by atoms with Crippen molar-refractivity contribution in [1.82, 2.24) is 0 Å². The quantitative estimate of drug-likeness (QED) is 0.596. The second-order valence-electron chi connectivity index (χ2n) is 3.20. The van der Waals surface area contributed by atoms with Gasteiger partial charge in [-0.2, -0.15) is 0 Å². The van der Waals surface area contributed by atoms with Crippen LogP contribution in [0.15, 0.2) is 35.3 Å². The first-order chi connectivity index (χ1) is 7.52. The van der Waals surface area contributed by atoms with Crippen LogP contribution in [0, 0.1) is 5.92 Å². The highest BCUT2D eigenvalue weighted by molar-refractivity contribution is 6.15. The summed E-state index contributed by atoms with van der Waals surface area (Å²) in [7, 11) is 0. The highest BCUT2D eigenvalue weighted by Gasteiger charge is 2.28. The second-order valence-corrected chi connectivity index (χ2v) is 3.20. The van der Waals surface area contributed by atoms with E-state index in [9.17, 15) is 9.59 Å². The predicted molar refractivity (Wildman–Crippen MR) is 58.0 cm³/mol. The molecule has 0 saturated heterocycles. The lowest BCUT2D eigenvalue weighted by Crippen LogP contribution is -2.29. The SMILES string of the molecule is CC(=Nc1ccccc1)C(C(=O)O)C(=O)O. The van der Waals surface area contributed by atoms with E-state index < -0.39 is 17.9 Å². The Morgan fingerprint density at radius 1 is 1.12 bits per heavy atom. The normalized spacial score (nSPS) is 11.5. The summed E-state index contributed by atoms with van der Waals surface area (Å²) in [6, 6.07) is 8.61. The molecule has 0 aliphatic heterocycles. The van der Waals surface area contributed by atoms with Crippen molar-refractivity contribution in [2.24, 2.45) is 10.9 Å². The van der Waals surface area contributed by atoms with Crippen molar-refractivity contribution in [2.45, 2.75) is 6.92 Å². The molecule has 0 radical (unpaired) electrons. The highest BCUT2D eigenvalue weighted by Crippen LogP contribution is 2.13. The summed E-state index contributed by atoms with van der Waals surface area (Å²) in [6.07, 6.45) is 0. The molecule has 1 aromatic rings. The Kier molecular flexibility index (Phi) is 3.77. The Labute approximate surface area is 92.1 Å². The molecule has 0 amide bonds. The number of carboxylic acid groups (broad SMARTS) is 2. The number of benzene rings is 1. The van der Waals surface area contributed by atoms with Gasteiger partial charge in [0.15, 0.2) is 5.92 Å². The van der Waals surface area contributed by atoms with E-state index in [2.05, 4.69) is 4.99 Å². The first kappa shape index (κ1) is 11.9. The molecule has 0 fully saturated rings. The van der Waals surface area contributed by atoms with Crippen LogP contribution in [-0.2, 0) is 9.59 Å². The Bertz CT molecular complexity index is 411. The van der Waals surface area contributed by atoms with E-state index in [1.807, 2.05) is 0 Å². The van der Waals surface area contributed by atoms with Crippen LogP contribution in [0.3, 0.4) is 0 Å². The van der Waals surface area contributed by atoms with Gasteiger partial charge in [0.25, 0.3) is 0 Å². The molecule has 0 aromatic heterocycles. The Morgan fingerprint density at radius 2 is 1.62 bits per heavy atom. The van der Waals surface area contributed by atoms with Crippen molar-refractivity contribution in [3.63, 3.8) is 0 Å². The summed E-state index contributed by atoms with van der Waals surface area (Å²) in [5, 5.41) is 17.5. The highest BCUT2D eigenvalue weighted by atomic mass is 16.4. The standard InChI is InChI=1S/C11H11NO4/c1-7(9(10(13)14)11(15)16)12-8-5-3-2-4-6-8/h2-6,9H,1H3,(H,13,14)(H,15,16). The van der Waals surface area contributed by atoms with Gasteiger partial charge in [-0.1, -0.05) is 18.2 Å². The smallest absolute Gasteiger partial charge is 0.323 e. The molecule has 0 atom stereocenters. The molecule has 5 nitrogen and oxygen atoms in total. The minimum atomic E-state index is -1.60. The van der Waals surface area contributed by atoms with Crippen LogP contribution in [0.4, 0.5) is 5.69 Å². The third kappa shape index (κ3) is 2.91. The minimum Gasteiger partial charge on any atom is -0.480 e. The molecule has 1 rings (SSSR count). The lowest BCUT2D eigenvalue weighted by Gasteiger charge is -2.06. The van der Waals surface area contributed by atoms with Gasteiger partial charge in [0.05, 0.1) is 5.69 Å². The molecular formula is C11H11NO4. The lowest BCUT2D eigenvalue weighted by atomic mass is 10.1. The van der Waals surface area contributed by atoms with E-state index in [4.69, 9.17) is 10.2 Å². The maximum Gasteiger partial charge on any atom is 0.323 e. The van der Waals surface area contributed by atoms with E-state index >= 15 is 0 Å². The van der Waals surface area contributed by atoms with Crippen LogP contribution in [0.1, 0.15) is 6.92 Å². The third-order valence-electron chi connectivity index (χ3n) is 1.97. The van der Waals surface area contributed by atoms with Crippen molar-refractivity contribution in [2.75, 3.05) is 0 Å². The first-order valence-electron chi connectivity index (χ1n) is 4.58. The fourth-order valence-electron chi connectivity index (χ4n) is 1.23. The summed E-state index contributed by atoms with van der Waals surface area (Å²) in [5.41, 5.74) is 0.582. The zero-order valence-corrected chi connectivity index (χ0v) is 8.62. The van der Waals surface area contributed by atoms with Crippen LogP contribution < -0.4 is 0 Å². The number of aliphatic imine (C=N–C) groups is 1. The molecule has 0 spiro atoms. The van der Waals surface area contributed by atoms with E-state index in [1.165, 1.54) is 6.92 Å². The summed E-state index contributed by atoms with van der Waals surface area (Å²) >= 11 is 0. The van der Waals surface area contributed by atoms with Gasteiger partial charge in [0, 0.05) is 5.71 Å². The van der Waals surface area contributed by atoms with Crippen molar-refractivity contribution in [1.29, 1.82) is 0 Å². The molecule has 2 N–H and O–H groups in total. The number of nitrogens with zero attached hydrogens (tertiary/aromatic N) is 1. The average Bonchev–Trinajstić information content (AvgIpc) is 2.17. The largest absolute Gasteiger partial charge is 0.480 e. The van der Waals surface area contributed by atoms with Gasteiger partial charge < -0.3 is 10.2 Å². The van der Waals surface area contributed by atoms with Crippen LogP contribution in [0.2, 0.25) is 0 Å². The van der Waals surface area contributed by atoms with Crippen LogP contribution in [0.25, 0.3) is 0 Å². The number of rotatable bonds is 4. The Balaban J connectivity index is 3.00. The maximum absolute atomic E-state index is 10.7. The fraction of sp³-hybridized carbons (Fsp3) is 0.182. The number of hydrogen-bond acceptors (Lipinski definition) is 3. The number of aliphatic carboxylic acids is 2. The summed E-state index contributed by atoms with van der Waals surface area (Å²) < 4.78 is 0. The van der Waals surface area contributed by atoms with Gasteiger partial charge in [-0.05, 0) is 19.1 Å². The summed E-state index contributed by atoms with van der Waals surface area (Å²) in [6.45, 7) is 1.39.